The SMILES string of the molecule is [O-][Cl+2]([O-])Oc1ccccc1O. The number of halogens is 1. The zero-order valence-corrected chi connectivity index (χ0v) is 6.12. The Morgan fingerprint density at radius 1 is 1.27 bits per heavy atom. The van der Waals surface area contributed by atoms with Crippen LogP contribution in [0.15, 0.2) is 24.3 Å². The second-order valence-electron chi connectivity index (χ2n) is 1.73. The van der Waals surface area contributed by atoms with E-state index in [0.29, 0.717) is 0 Å². The molecule has 0 radical (unpaired) electrons. The number of phenols is 1. The standard InChI is InChI=1S/C6H5ClO4/c8-5-3-1-2-4-6(5)11-7(9)10/h1-4,8H. The second kappa shape index (κ2) is 3.43. The lowest BCUT2D eigenvalue weighted by Crippen LogP contribution is -2.36. The van der Waals surface area contributed by atoms with Crippen molar-refractivity contribution in [2.24, 2.45) is 0 Å². The van der Waals surface area contributed by atoms with Crippen LogP contribution in [0.4, 0.5) is 0 Å². The van der Waals surface area contributed by atoms with E-state index in [-0.39, 0.29) is 11.5 Å². The van der Waals surface area contributed by atoms with E-state index in [1.54, 1.807) is 12.1 Å². The minimum atomic E-state index is -2.32. The summed E-state index contributed by atoms with van der Waals surface area (Å²) >= 11 is 0. The lowest BCUT2D eigenvalue weighted by molar-refractivity contribution is -1.62. The van der Waals surface area contributed by atoms with Crippen molar-refractivity contribution in [2.75, 3.05) is 0 Å². The second-order valence-corrected chi connectivity index (χ2v) is 2.27. The first-order valence-electron chi connectivity index (χ1n) is 2.72. The number of benzene rings is 1. The number of hydrogen-bond acceptors (Lipinski definition) is 4. The first kappa shape index (κ1) is 8.13. The molecule has 0 aliphatic heterocycles. The Labute approximate surface area is 66.1 Å². The van der Waals surface area contributed by atoms with Crippen LogP contribution in [0, 0.1) is 10.8 Å². The molecule has 5 heteroatoms. The van der Waals surface area contributed by atoms with E-state index in [1.165, 1.54) is 12.1 Å². The van der Waals surface area contributed by atoms with Crippen molar-refractivity contribution in [1.82, 2.24) is 0 Å². The summed E-state index contributed by atoms with van der Waals surface area (Å²) in [7, 11) is -2.32. The highest BCUT2D eigenvalue weighted by atomic mass is 35.6. The molecule has 0 saturated heterocycles. The van der Waals surface area contributed by atoms with Gasteiger partial charge in [0.1, 0.15) is 0 Å². The minimum absolute atomic E-state index is 0.0851. The van der Waals surface area contributed by atoms with Gasteiger partial charge in [-0.2, -0.15) is 0 Å². The van der Waals surface area contributed by atoms with E-state index in [1.807, 2.05) is 0 Å². The summed E-state index contributed by atoms with van der Waals surface area (Å²) in [6.45, 7) is 0. The lowest BCUT2D eigenvalue weighted by atomic mass is 10.3. The van der Waals surface area contributed by atoms with Crippen LogP contribution in [-0.2, 0) is 0 Å². The Morgan fingerprint density at radius 3 is 2.45 bits per heavy atom. The van der Waals surface area contributed by atoms with Gasteiger partial charge < -0.3 is 14.4 Å². The molecule has 11 heavy (non-hydrogen) atoms. The Bertz CT molecular complexity index is 238. The van der Waals surface area contributed by atoms with Crippen LogP contribution in [0.3, 0.4) is 0 Å². The van der Waals surface area contributed by atoms with Gasteiger partial charge in [0.2, 0.25) is 0 Å². The summed E-state index contributed by atoms with van der Waals surface area (Å²) in [5.74, 6) is -0.292. The van der Waals surface area contributed by atoms with Gasteiger partial charge in [-0.25, -0.2) is 0 Å². The van der Waals surface area contributed by atoms with E-state index in [9.17, 15) is 9.32 Å². The Morgan fingerprint density at radius 2 is 1.91 bits per heavy atom. The Kier molecular flexibility index (Phi) is 2.53. The fraction of sp³-hybridized carbons (Fsp3) is 0. The number of para-hydroxylation sites is 2. The van der Waals surface area contributed by atoms with E-state index in [2.05, 4.69) is 4.29 Å². The van der Waals surface area contributed by atoms with Crippen molar-refractivity contribution in [2.45, 2.75) is 0 Å². The summed E-state index contributed by atoms with van der Waals surface area (Å²) in [6, 6.07) is 5.79. The van der Waals surface area contributed by atoms with Gasteiger partial charge in [-0.1, -0.05) is 12.1 Å². The van der Waals surface area contributed by atoms with Gasteiger partial charge in [-0.15, -0.1) is 4.29 Å². The van der Waals surface area contributed by atoms with Crippen LogP contribution >= 0.6 is 0 Å². The molecule has 1 rings (SSSR count). The van der Waals surface area contributed by atoms with Crippen molar-refractivity contribution < 1.29 is 29.5 Å². The summed E-state index contributed by atoms with van der Waals surface area (Å²) < 4.78 is 24.1. The molecule has 0 fully saturated rings. The van der Waals surface area contributed by atoms with Crippen LogP contribution < -0.4 is 13.6 Å². The van der Waals surface area contributed by atoms with Crippen molar-refractivity contribution in [1.29, 1.82) is 0 Å². The van der Waals surface area contributed by atoms with Gasteiger partial charge in [0, 0.05) is 0 Å². The molecule has 0 aliphatic carbocycles. The molecule has 0 spiro atoms. The maximum absolute atomic E-state index is 9.95. The molecule has 60 valence electrons. The van der Waals surface area contributed by atoms with Crippen molar-refractivity contribution in [3.63, 3.8) is 0 Å². The normalized spacial score (nSPS) is 10.1. The van der Waals surface area contributed by atoms with Crippen LogP contribution in [0.2, 0.25) is 0 Å². The van der Waals surface area contributed by atoms with Gasteiger partial charge >= 0.3 is 10.8 Å². The predicted molar refractivity (Wildman–Crippen MR) is 28.7 cm³/mol. The topological polar surface area (TPSA) is 75.6 Å². The third-order valence-corrected chi connectivity index (χ3v) is 1.30. The average molecular weight is 177 g/mol. The summed E-state index contributed by atoms with van der Waals surface area (Å²) in [4.78, 5) is 0. The van der Waals surface area contributed by atoms with Crippen LogP contribution in [0.25, 0.3) is 0 Å². The molecule has 1 aromatic carbocycles. The number of rotatable bonds is 2. The molecule has 0 aliphatic rings. The third-order valence-electron chi connectivity index (χ3n) is 1.01. The maximum Gasteiger partial charge on any atom is 0.350 e. The predicted octanol–water partition coefficient (Wildman–Crippen LogP) is -1.14. The van der Waals surface area contributed by atoms with Gasteiger partial charge in [0.05, 0.1) is 0 Å². The summed E-state index contributed by atoms with van der Waals surface area (Å²) in [6.07, 6.45) is 0. The number of aromatic hydroxyl groups is 1. The summed E-state index contributed by atoms with van der Waals surface area (Å²) in [5.41, 5.74) is 0. The Hall–Kier alpha value is -0.970. The molecule has 0 atom stereocenters. The quantitative estimate of drug-likeness (QED) is 0.618. The highest BCUT2D eigenvalue weighted by Crippen LogP contribution is 2.24. The fourth-order valence-electron chi connectivity index (χ4n) is 0.590. The molecule has 0 heterocycles. The molecule has 4 nitrogen and oxygen atoms in total. The lowest BCUT2D eigenvalue weighted by Gasteiger charge is -1.96. The van der Waals surface area contributed by atoms with Gasteiger partial charge in [0.15, 0.2) is 5.75 Å². The summed E-state index contributed by atoms with van der Waals surface area (Å²) in [5, 5.41) is 8.96. The largest absolute Gasteiger partial charge is 0.504 e. The highest BCUT2D eigenvalue weighted by molar-refractivity contribution is 5.37. The number of phenolic OH excluding ortho intramolecular Hbond substituents is 1. The zero-order valence-electron chi connectivity index (χ0n) is 5.36. The molecule has 1 aromatic rings. The molecule has 0 aromatic heterocycles. The minimum Gasteiger partial charge on any atom is -0.504 e. The van der Waals surface area contributed by atoms with Gasteiger partial charge in [-0.05, 0) is 12.1 Å². The Balaban J connectivity index is 2.78. The third kappa shape index (κ3) is 2.27. The highest BCUT2D eigenvalue weighted by Gasteiger charge is 2.13. The monoisotopic (exact) mass is 176 g/mol. The van der Waals surface area contributed by atoms with E-state index < -0.39 is 10.8 Å². The first-order chi connectivity index (χ1) is 5.20. The average Bonchev–Trinajstić information content (AvgIpc) is 1.93. The van der Waals surface area contributed by atoms with Crippen LogP contribution in [0.1, 0.15) is 0 Å². The molecular weight excluding hydrogens is 172 g/mol. The zero-order chi connectivity index (χ0) is 8.27. The smallest absolute Gasteiger partial charge is 0.350 e. The molecule has 0 saturated carbocycles. The molecule has 1 N–H and O–H groups in total. The maximum atomic E-state index is 9.95. The van der Waals surface area contributed by atoms with E-state index in [0.717, 1.165) is 0 Å². The van der Waals surface area contributed by atoms with Crippen LogP contribution in [-0.4, -0.2) is 5.11 Å². The van der Waals surface area contributed by atoms with E-state index in [4.69, 9.17) is 5.11 Å². The van der Waals surface area contributed by atoms with Crippen molar-refractivity contribution >= 4 is 0 Å². The molecule has 0 bridgehead atoms. The number of hydrogen-bond donors (Lipinski definition) is 1. The van der Waals surface area contributed by atoms with Gasteiger partial charge in [0.25, 0.3) is 5.75 Å². The van der Waals surface area contributed by atoms with Crippen molar-refractivity contribution in [3.8, 4) is 11.5 Å². The van der Waals surface area contributed by atoms with Gasteiger partial charge in [-0.3, -0.25) is 0 Å². The molecular formula is C6H5ClO4. The van der Waals surface area contributed by atoms with Crippen molar-refractivity contribution in [3.05, 3.63) is 24.3 Å². The fourth-order valence-corrected chi connectivity index (χ4v) is 0.856. The van der Waals surface area contributed by atoms with E-state index >= 15 is 0 Å². The van der Waals surface area contributed by atoms with Crippen LogP contribution in [0.5, 0.6) is 11.5 Å². The first-order valence-corrected chi connectivity index (χ1v) is 3.64. The molecule has 0 amide bonds. The molecule has 0 unspecified atom stereocenters.